The van der Waals surface area contributed by atoms with E-state index in [9.17, 15) is 0 Å². The maximum Gasteiger partial charge on any atom is 0.133 e. The van der Waals surface area contributed by atoms with Crippen LogP contribution in [0.2, 0.25) is 0 Å². The molecule has 0 aromatic carbocycles. The first-order valence-corrected chi connectivity index (χ1v) is 7.81. The summed E-state index contributed by atoms with van der Waals surface area (Å²) >= 11 is 0. The van der Waals surface area contributed by atoms with Gasteiger partial charge in [-0.15, -0.1) is 0 Å². The lowest BCUT2D eigenvalue weighted by Gasteiger charge is -2.23. The number of aromatic nitrogens is 1. The Labute approximate surface area is 125 Å². The largest absolute Gasteiger partial charge is 0.472 e. The molecule has 0 spiro atoms. The van der Waals surface area contributed by atoms with Crippen molar-refractivity contribution in [3.8, 4) is 0 Å². The fourth-order valence-electron chi connectivity index (χ4n) is 3.09. The van der Waals surface area contributed by atoms with E-state index in [2.05, 4.69) is 33.0 Å². The molecule has 0 radical (unpaired) electrons. The van der Waals surface area contributed by atoms with Crippen LogP contribution in [0.5, 0.6) is 0 Å². The van der Waals surface area contributed by atoms with Crippen LogP contribution in [0.3, 0.4) is 0 Å². The first kappa shape index (κ1) is 12.9. The first-order valence-electron chi connectivity index (χ1n) is 7.81. The number of rotatable bonds is 4. The highest BCUT2D eigenvalue weighted by Crippen LogP contribution is 2.32. The summed E-state index contributed by atoms with van der Waals surface area (Å²) < 4.78 is 5.19. The molecule has 2 aliphatic rings. The van der Waals surface area contributed by atoms with Crippen LogP contribution in [0.1, 0.15) is 24.0 Å². The molecule has 2 aromatic heterocycles. The fraction of sp³-hybridized carbons (Fsp3) is 0.471. The lowest BCUT2D eigenvalue weighted by atomic mass is 10.2. The smallest absolute Gasteiger partial charge is 0.133 e. The van der Waals surface area contributed by atoms with E-state index < -0.39 is 0 Å². The summed E-state index contributed by atoms with van der Waals surface area (Å²) in [4.78, 5) is 9.63. The molecule has 0 unspecified atom stereocenters. The molecular weight excluding hydrogens is 262 g/mol. The Morgan fingerprint density at radius 1 is 1.24 bits per heavy atom. The lowest BCUT2D eigenvalue weighted by Crippen LogP contribution is -2.32. The summed E-state index contributed by atoms with van der Waals surface area (Å²) in [5.74, 6) is 2.08. The molecule has 110 valence electrons. The van der Waals surface area contributed by atoms with E-state index >= 15 is 0 Å². The van der Waals surface area contributed by atoms with Crippen LogP contribution in [0.4, 0.5) is 5.82 Å². The summed E-state index contributed by atoms with van der Waals surface area (Å²) in [5.41, 5.74) is 2.59. The van der Waals surface area contributed by atoms with Crippen LogP contribution < -0.4 is 4.90 Å². The lowest BCUT2D eigenvalue weighted by molar-refractivity contribution is 0.267. The number of fused-ring (bicyclic) bond motifs is 1. The van der Waals surface area contributed by atoms with Gasteiger partial charge in [0.15, 0.2) is 0 Å². The quantitative estimate of drug-likeness (QED) is 0.863. The molecule has 1 aliphatic carbocycles. The third-order valence-corrected chi connectivity index (χ3v) is 4.41. The van der Waals surface area contributed by atoms with Gasteiger partial charge in [-0.2, -0.15) is 0 Å². The molecule has 2 aromatic rings. The minimum atomic E-state index is 0.889. The third-order valence-electron chi connectivity index (χ3n) is 4.41. The van der Waals surface area contributed by atoms with Gasteiger partial charge in [-0.25, -0.2) is 4.98 Å². The molecule has 0 saturated heterocycles. The van der Waals surface area contributed by atoms with Crippen molar-refractivity contribution < 1.29 is 4.42 Å². The van der Waals surface area contributed by atoms with Gasteiger partial charge < -0.3 is 9.32 Å². The number of hydrogen-bond donors (Lipinski definition) is 0. The Morgan fingerprint density at radius 2 is 2.19 bits per heavy atom. The number of nitrogens with zero attached hydrogens (tertiary/aromatic N) is 3. The number of anilines is 1. The summed E-state index contributed by atoms with van der Waals surface area (Å²) in [5, 5.41) is 0. The van der Waals surface area contributed by atoms with Gasteiger partial charge in [-0.1, -0.05) is 6.07 Å². The molecule has 0 N–H and O–H groups in total. The third kappa shape index (κ3) is 2.95. The molecule has 4 heteroatoms. The van der Waals surface area contributed by atoms with Gasteiger partial charge in [0.05, 0.1) is 12.5 Å². The van der Waals surface area contributed by atoms with E-state index in [1.165, 1.54) is 36.3 Å². The zero-order valence-corrected chi connectivity index (χ0v) is 12.2. The van der Waals surface area contributed by atoms with Crippen molar-refractivity contribution in [2.75, 3.05) is 24.5 Å². The van der Waals surface area contributed by atoms with Crippen LogP contribution in [-0.2, 0) is 13.1 Å². The van der Waals surface area contributed by atoms with Gasteiger partial charge in [0.2, 0.25) is 0 Å². The molecule has 21 heavy (non-hydrogen) atoms. The zero-order chi connectivity index (χ0) is 14.1. The van der Waals surface area contributed by atoms with Gasteiger partial charge in [0, 0.05) is 50.0 Å². The van der Waals surface area contributed by atoms with Crippen LogP contribution in [-0.4, -0.2) is 29.5 Å². The normalized spacial score (nSPS) is 19.3. The molecule has 1 aliphatic heterocycles. The van der Waals surface area contributed by atoms with E-state index in [0.717, 1.165) is 32.1 Å². The van der Waals surface area contributed by atoms with Gasteiger partial charge >= 0.3 is 0 Å². The predicted octanol–water partition coefficient (Wildman–Crippen LogP) is 2.91. The summed E-state index contributed by atoms with van der Waals surface area (Å²) in [6.45, 7) is 5.23. The molecule has 1 saturated carbocycles. The fourth-order valence-corrected chi connectivity index (χ4v) is 3.09. The first-order chi connectivity index (χ1) is 10.4. The highest BCUT2D eigenvalue weighted by atomic mass is 16.3. The van der Waals surface area contributed by atoms with Crippen molar-refractivity contribution >= 4 is 5.82 Å². The average Bonchev–Trinajstić information content (AvgIpc) is 3.21. The SMILES string of the molecule is c1cnc2c(c1)CN(Cc1ccoc1)CCN2CC1CC1. The average molecular weight is 283 g/mol. The number of pyridine rings is 1. The Bertz CT molecular complexity index is 592. The second-order valence-electron chi connectivity index (χ2n) is 6.22. The zero-order valence-electron chi connectivity index (χ0n) is 12.2. The minimum Gasteiger partial charge on any atom is -0.472 e. The Hall–Kier alpha value is -1.81. The summed E-state index contributed by atoms with van der Waals surface area (Å²) in [6, 6.07) is 6.32. The Kier molecular flexibility index (Phi) is 3.39. The minimum absolute atomic E-state index is 0.889. The molecule has 0 amide bonds. The van der Waals surface area contributed by atoms with Gasteiger partial charge in [-0.3, -0.25) is 4.90 Å². The van der Waals surface area contributed by atoms with Crippen molar-refractivity contribution in [1.82, 2.24) is 9.88 Å². The van der Waals surface area contributed by atoms with E-state index in [1.54, 1.807) is 6.26 Å². The van der Waals surface area contributed by atoms with Crippen LogP contribution in [0.25, 0.3) is 0 Å². The molecule has 0 bridgehead atoms. The highest BCUT2D eigenvalue weighted by Gasteiger charge is 2.28. The van der Waals surface area contributed by atoms with E-state index in [0.29, 0.717) is 0 Å². The maximum atomic E-state index is 5.19. The van der Waals surface area contributed by atoms with Crippen molar-refractivity contribution in [3.63, 3.8) is 0 Å². The van der Waals surface area contributed by atoms with E-state index in [-0.39, 0.29) is 0 Å². The van der Waals surface area contributed by atoms with Crippen LogP contribution >= 0.6 is 0 Å². The molecular formula is C17H21N3O. The van der Waals surface area contributed by atoms with Crippen LogP contribution in [0, 0.1) is 5.92 Å². The maximum absolute atomic E-state index is 5.19. The van der Waals surface area contributed by atoms with Gasteiger partial charge in [0.25, 0.3) is 0 Å². The van der Waals surface area contributed by atoms with Crippen molar-refractivity contribution in [2.24, 2.45) is 5.92 Å². The topological polar surface area (TPSA) is 32.5 Å². The number of hydrogen-bond acceptors (Lipinski definition) is 4. The van der Waals surface area contributed by atoms with E-state index in [4.69, 9.17) is 4.42 Å². The summed E-state index contributed by atoms with van der Waals surface area (Å²) in [6.07, 6.45) is 8.29. The van der Waals surface area contributed by atoms with Crippen molar-refractivity contribution in [2.45, 2.75) is 25.9 Å². The summed E-state index contributed by atoms with van der Waals surface area (Å²) in [7, 11) is 0. The highest BCUT2D eigenvalue weighted by molar-refractivity contribution is 5.47. The van der Waals surface area contributed by atoms with Crippen molar-refractivity contribution in [3.05, 3.63) is 48.0 Å². The second-order valence-corrected chi connectivity index (χ2v) is 6.22. The molecule has 1 fully saturated rings. The molecule has 4 nitrogen and oxygen atoms in total. The predicted molar refractivity (Wildman–Crippen MR) is 82.0 cm³/mol. The Balaban J connectivity index is 1.54. The van der Waals surface area contributed by atoms with Crippen molar-refractivity contribution in [1.29, 1.82) is 0 Å². The molecule has 0 atom stereocenters. The monoisotopic (exact) mass is 283 g/mol. The Morgan fingerprint density at radius 3 is 3.00 bits per heavy atom. The standard InChI is InChI=1S/C17H21N3O/c1-2-16-12-19(10-15-5-9-21-13-15)7-8-20(11-14-3-4-14)17(16)18-6-1/h1-2,5-6,9,13-14H,3-4,7-8,10-12H2. The number of furan rings is 1. The van der Waals surface area contributed by atoms with E-state index in [1.807, 2.05) is 12.5 Å². The van der Waals surface area contributed by atoms with Crippen LogP contribution in [0.15, 0.2) is 41.3 Å². The van der Waals surface area contributed by atoms with Gasteiger partial charge in [-0.05, 0) is 30.9 Å². The molecule has 4 rings (SSSR count). The second kappa shape index (κ2) is 5.53. The molecule has 3 heterocycles. The van der Waals surface area contributed by atoms with Gasteiger partial charge in [0.1, 0.15) is 5.82 Å².